The SMILES string of the molecule is Cc1cccc(C)c1NC(=O)c1cncc(NC2CCCC2)c1. The van der Waals surface area contributed by atoms with Crippen molar-refractivity contribution in [3.05, 3.63) is 53.3 Å². The molecule has 4 nitrogen and oxygen atoms in total. The molecule has 1 fully saturated rings. The first-order valence-corrected chi connectivity index (χ1v) is 8.22. The van der Waals surface area contributed by atoms with Crippen LogP contribution in [0.15, 0.2) is 36.7 Å². The van der Waals surface area contributed by atoms with E-state index in [9.17, 15) is 4.79 Å². The summed E-state index contributed by atoms with van der Waals surface area (Å²) in [5.74, 6) is -0.120. The Morgan fingerprint density at radius 2 is 1.83 bits per heavy atom. The van der Waals surface area contributed by atoms with Crippen LogP contribution in [0.25, 0.3) is 0 Å². The fourth-order valence-electron chi connectivity index (χ4n) is 3.15. The number of carbonyl (C=O) groups is 1. The molecule has 4 heteroatoms. The molecule has 0 saturated heterocycles. The number of para-hydroxylation sites is 1. The number of rotatable bonds is 4. The Bertz CT molecular complexity index is 685. The molecule has 0 atom stereocenters. The van der Waals surface area contributed by atoms with E-state index in [1.54, 1.807) is 12.4 Å². The minimum atomic E-state index is -0.120. The lowest BCUT2D eigenvalue weighted by Crippen LogP contribution is -2.17. The zero-order valence-corrected chi connectivity index (χ0v) is 13.7. The van der Waals surface area contributed by atoms with Gasteiger partial charge in [-0.25, -0.2) is 0 Å². The fourth-order valence-corrected chi connectivity index (χ4v) is 3.15. The van der Waals surface area contributed by atoms with Gasteiger partial charge in [-0.05, 0) is 43.9 Å². The van der Waals surface area contributed by atoms with Crippen LogP contribution in [0.2, 0.25) is 0 Å². The lowest BCUT2D eigenvalue weighted by molar-refractivity contribution is 0.102. The maximum Gasteiger partial charge on any atom is 0.257 e. The molecule has 0 unspecified atom stereocenters. The summed E-state index contributed by atoms with van der Waals surface area (Å²) in [5.41, 5.74) is 4.51. The largest absolute Gasteiger partial charge is 0.381 e. The van der Waals surface area contributed by atoms with Gasteiger partial charge in [-0.1, -0.05) is 31.0 Å². The monoisotopic (exact) mass is 309 g/mol. The van der Waals surface area contributed by atoms with Crippen LogP contribution in [-0.4, -0.2) is 16.9 Å². The van der Waals surface area contributed by atoms with Crippen molar-refractivity contribution in [2.45, 2.75) is 45.6 Å². The second kappa shape index (κ2) is 6.82. The van der Waals surface area contributed by atoms with Crippen molar-refractivity contribution in [3.8, 4) is 0 Å². The maximum atomic E-state index is 12.5. The number of aromatic nitrogens is 1. The second-order valence-corrected chi connectivity index (χ2v) is 6.31. The number of carbonyl (C=O) groups excluding carboxylic acids is 1. The van der Waals surface area contributed by atoms with Crippen LogP contribution in [0.3, 0.4) is 0 Å². The molecule has 0 spiro atoms. The highest BCUT2D eigenvalue weighted by Gasteiger charge is 2.16. The van der Waals surface area contributed by atoms with Crippen molar-refractivity contribution < 1.29 is 4.79 Å². The molecule has 1 heterocycles. The highest BCUT2D eigenvalue weighted by molar-refractivity contribution is 6.05. The Balaban J connectivity index is 1.74. The van der Waals surface area contributed by atoms with Crippen molar-refractivity contribution in [1.82, 2.24) is 4.98 Å². The molecule has 0 bridgehead atoms. The zero-order chi connectivity index (χ0) is 16.2. The maximum absolute atomic E-state index is 12.5. The van der Waals surface area contributed by atoms with E-state index in [4.69, 9.17) is 0 Å². The third-order valence-electron chi connectivity index (χ3n) is 4.45. The Kier molecular flexibility index (Phi) is 4.60. The van der Waals surface area contributed by atoms with Crippen molar-refractivity contribution in [2.24, 2.45) is 0 Å². The van der Waals surface area contributed by atoms with Gasteiger partial charge >= 0.3 is 0 Å². The first kappa shape index (κ1) is 15.5. The molecule has 1 aliphatic rings. The summed E-state index contributed by atoms with van der Waals surface area (Å²) in [6, 6.07) is 8.38. The predicted octanol–water partition coefficient (Wildman–Crippen LogP) is 4.31. The number of pyridine rings is 1. The lowest BCUT2D eigenvalue weighted by atomic mass is 10.1. The summed E-state index contributed by atoms with van der Waals surface area (Å²) in [7, 11) is 0. The van der Waals surface area contributed by atoms with Gasteiger partial charge in [-0.2, -0.15) is 0 Å². The number of nitrogens with zero attached hydrogens (tertiary/aromatic N) is 1. The smallest absolute Gasteiger partial charge is 0.257 e. The summed E-state index contributed by atoms with van der Waals surface area (Å²) in [4.78, 5) is 16.7. The zero-order valence-electron chi connectivity index (χ0n) is 13.7. The van der Waals surface area contributed by atoms with Crippen molar-refractivity contribution in [2.75, 3.05) is 10.6 Å². The molecular formula is C19H23N3O. The Hall–Kier alpha value is -2.36. The molecule has 2 aromatic rings. The van der Waals surface area contributed by atoms with E-state index < -0.39 is 0 Å². The van der Waals surface area contributed by atoms with E-state index in [0.29, 0.717) is 11.6 Å². The van der Waals surface area contributed by atoms with Crippen molar-refractivity contribution in [3.63, 3.8) is 0 Å². The summed E-state index contributed by atoms with van der Waals surface area (Å²) in [6.45, 7) is 4.00. The molecule has 3 rings (SSSR count). The quantitative estimate of drug-likeness (QED) is 0.885. The minimum Gasteiger partial charge on any atom is -0.381 e. The molecule has 120 valence electrons. The average Bonchev–Trinajstić information content (AvgIpc) is 3.04. The van der Waals surface area contributed by atoms with Gasteiger partial charge in [0.25, 0.3) is 5.91 Å². The molecule has 1 amide bonds. The molecule has 1 saturated carbocycles. The van der Waals surface area contributed by atoms with Gasteiger partial charge in [0.05, 0.1) is 11.3 Å². The van der Waals surface area contributed by atoms with Gasteiger partial charge < -0.3 is 10.6 Å². The molecule has 23 heavy (non-hydrogen) atoms. The van der Waals surface area contributed by atoms with Crippen LogP contribution in [0.5, 0.6) is 0 Å². The topological polar surface area (TPSA) is 54.0 Å². The normalized spacial score (nSPS) is 14.7. The van der Waals surface area contributed by atoms with Gasteiger partial charge in [0.1, 0.15) is 0 Å². The van der Waals surface area contributed by atoms with Crippen LogP contribution in [0.4, 0.5) is 11.4 Å². The van der Waals surface area contributed by atoms with Crippen LogP contribution in [0.1, 0.15) is 47.2 Å². The van der Waals surface area contributed by atoms with E-state index in [2.05, 4.69) is 15.6 Å². The summed E-state index contributed by atoms with van der Waals surface area (Å²) in [5, 5.41) is 6.49. The molecule has 0 aliphatic heterocycles. The average molecular weight is 309 g/mol. The van der Waals surface area contributed by atoms with Gasteiger partial charge in [0.15, 0.2) is 0 Å². The highest BCUT2D eigenvalue weighted by atomic mass is 16.1. The number of benzene rings is 1. The number of hydrogen-bond acceptors (Lipinski definition) is 3. The number of hydrogen-bond donors (Lipinski definition) is 2. The summed E-state index contributed by atoms with van der Waals surface area (Å²) < 4.78 is 0. The minimum absolute atomic E-state index is 0.120. The molecule has 1 aliphatic carbocycles. The van der Waals surface area contributed by atoms with Gasteiger partial charge in [-0.15, -0.1) is 0 Å². The van der Waals surface area contributed by atoms with Crippen molar-refractivity contribution in [1.29, 1.82) is 0 Å². The Labute approximate surface area is 137 Å². The third-order valence-corrected chi connectivity index (χ3v) is 4.45. The van der Waals surface area contributed by atoms with Crippen LogP contribution < -0.4 is 10.6 Å². The van der Waals surface area contributed by atoms with E-state index >= 15 is 0 Å². The molecule has 1 aromatic heterocycles. The van der Waals surface area contributed by atoms with E-state index in [0.717, 1.165) is 22.5 Å². The van der Waals surface area contributed by atoms with Gasteiger partial charge in [0, 0.05) is 24.1 Å². The first-order chi connectivity index (χ1) is 11.1. The Morgan fingerprint density at radius 3 is 2.52 bits per heavy atom. The number of nitrogens with one attached hydrogen (secondary N) is 2. The standard InChI is InChI=1S/C19H23N3O/c1-13-6-5-7-14(2)18(13)22-19(23)15-10-17(12-20-11-15)21-16-8-3-4-9-16/h5-7,10-12,16,21H,3-4,8-9H2,1-2H3,(H,22,23). The van der Waals surface area contributed by atoms with Gasteiger partial charge in [-0.3, -0.25) is 9.78 Å². The first-order valence-electron chi connectivity index (χ1n) is 8.22. The summed E-state index contributed by atoms with van der Waals surface area (Å²) >= 11 is 0. The fraction of sp³-hybridized carbons (Fsp3) is 0.368. The van der Waals surface area contributed by atoms with Crippen molar-refractivity contribution >= 4 is 17.3 Å². The second-order valence-electron chi connectivity index (χ2n) is 6.31. The highest BCUT2D eigenvalue weighted by Crippen LogP contribution is 2.23. The molecular weight excluding hydrogens is 286 g/mol. The van der Waals surface area contributed by atoms with Crippen LogP contribution in [0, 0.1) is 13.8 Å². The van der Waals surface area contributed by atoms with E-state index in [1.807, 2.05) is 38.1 Å². The molecule has 0 radical (unpaired) electrons. The van der Waals surface area contributed by atoms with E-state index in [1.165, 1.54) is 25.7 Å². The van der Waals surface area contributed by atoms with Crippen LogP contribution >= 0.6 is 0 Å². The number of anilines is 2. The molecule has 2 N–H and O–H groups in total. The lowest BCUT2D eigenvalue weighted by Gasteiger charge is -2.14. The number of amides is 1. The predicted molar refractivity (Wildman–Crippen MR) is 94.0 cm³/mol. The number of aryl methyl sites for hydroxylation is 2. The third kappa shape index (κ3) is 3.70. The Morgan fingerprint density at radius 1 is 1.13 bits per heavy atom. The van der Waals surface area contributed by atoms with Crippen LogP contribution in [-0.2, 0) is 0 Å². The summed E-state index contributed by atoms with van der Waals surface area (Å²) in [6.07, 6.45) is 8.34. The molecule has 1 aromatic carbocycles. The van der Waals surface area contributed by atoms with Gasteiger partial charge in [0.2, 0.25) is 0 Å². The van der Waals surface area contributed by atoms with E-state index in [-0.39, 0.29) is 5.91 Å².